The predicted molar refractivity (Wildman–Crippen MR) is 119 cm³/mol. The molecule has 2 atom stereocenters. The third kappa shape index (κ3) is 5.35. The number of carbonyl (C=O) groups excluding carboxylic acids is 3. The molecule has 0 aromatic carbocycles. The van der Waals surface area contributed by atoms with Crippen LogP contribution in [-0.4, -0.2) is 91.1 Å². The van der Waals surface area contributed by atoms with E-state index >= 15 is 0 Å². The molecule has 1 aliphatic heterocycles. The summed E-state index contributed by atoms with van der Waals surface area (Å²) in [6.07, 6.45) is 3.66. The van der Waals surface area contributed by atoms with Crippen LogP contribution in [0.25, 0.3) is 0 Å². The molecule has 3 amide bonds. The first-order chi connectivity index (χ1) is 16.1. The van der Waals surface area contributed by atoms with Gasteiger partial charge in [-0.2, -0.15) is 10.2 Å². The number of aromatic carboxylic acids is 1. The molecule has 2 unspecified atom stereocenters. The Morgan fingerprint density at radius 1 is 1.06 bits per heavy atom. The first-order valence-electron chi connectivity index (χ1n) is 11.0. The van der Waals surface area contributed by atoms with Crippen molar-refractivity contribution in [1.29, 1.82) is 0 Å². The summed E-state index contributed by atoms with van der Waals surface area (Å²) in [5, 5.41) is 20.1. The van der Waals surface area contributed by atoms with Gasteiger partial charge < -0.3 is 25.0 Å². The normalized spacial score (nSPS) is 15.5. The molecular weight excluding hydrogens is 446 g/mol. The summed E-state index contributed by atoms with van der Waals surface area (Å²) >= 11 is 0. The molecule has 0 radical (unpaired) electrons. The first kappa shape index (κ1) is 24.7. The Labute approximate surface area is 196 Å². The number of aromatic nitrogens is 4. The number of ether oxygens (including phenoxy) is 1. The molecule has 13 heteroatoms. The Balaban J connectivity index is 1.61. The molecule has 3 rings (SSSR count). The van der Waals surface area contributed by atoms with E-state index in [1.807, 2.05) is 0 Å². The lowest BCUT2D eigenvalue weighted by Gasteiger charge is -2.35. The van der Waals surface area contributed by atoms with Crippen LogP contribution in [0.2, 0.25) is 0 Å². The van der Waals surface area contributed by atoms with Crippen LogP contribution in [0.3, 0.4) is 0 Å². The van der Waals surface area contributed by atoms with Crippen LogP contribution < -0.4 is 5.32 Å². The van der Waals surface area contributed by atoms with E-state index in [-0.39, 0.29) is 17.6 Å². The number of hydrogen-bond acceptors (Lipinski definition) is 7. The van der Waals surface area contributed by atoms with Gasteiger partial charge in [0.1, 0.15) is 12.1 Å². The highest BCUT2D eigenvalue weighted by molar-refractivity contribution is 5.94. The smallest absolute Gasteiger partial charge is 0.409 e. The van der Waals surface area contributed by atoms with Crippen LogP contribution in [0.1, 0.15) is 48.9 Å². The molecule has 1 aliphatic rings. The Kier molecular flexibility index (Phi) is 7.54. The fraction of sp³-hybridized carbons (Fsp3) is 0.524. The minimum absolute atomic E-state index is 0.0147. The summed E-state index contributed by atoms with van der Waals surface area (Å²) in [5.41, 5.74) is 0.951. The van der Waals surface area contributed by atoms with Crippen LogP contribution >= 0.6 is 0 Å². The molecule has 1 fully saturated rings. The average Bonchev–Trinajstić information content (AvgIpc) is 3.45. The molecule has 2 N–H and O–H groups in total. The van der Waals surface area contributed by atoms with Crippen LogP contribution in [0.4, 0.5) is 10.5 Å². The van der Waals surface area contributed by atoms with Crippen molar-refractivity contribution in [3.8, 4) is 0 Å². The number of carboxylic acid groups (broad SMARTS) is 1. The second-order valence-electron chi connectivity index (χ2n) is 7.97. The fourth-order valence-electron chi connectivity index (χ4n) is 3.52. The van der Waals surface area contributed by atoms with Crippen LogP contribution in [-0.2, 0) is 14.3 Å². The number of anilines is 1. The molecule has 1 saturated heterocycles. The second kappa shape index (κ2) is 10.4. The van der Waals surface area contributed by atoms with E-state index in [2.05, 4.69) is 15.5 Å². The number of nitrogens with one attached hydrogen (secondary N) is 1. The van der Waals surface area contributed by atoms with Crippen molar-refractivity contribution in [3.05, 3.63) is 29.8 Å². The monoisotopic (exact) mass is 475 g/mol. The van der Waals surface area contributed by atoms with Gasteiger partial charge in [0, 0.05) is 38.6 Å². The number of hydrogen-bond donors (Lipinski definition) is 2. The zero-order valence-electron chi connectivity index (χ0n) is 19.6. The van der Waals surface area contributed by atoms with Gasteiger partial charge in [-0.15, -0.1) is 0 Å². The Bertz CT molecular complexity index is 1070. The van der Waals surface area contributed by atoms with E-state index in [0.717, 1.165) is 0 Å². The lowest BCUT2D eigenvalue weighted by Crippen LogP contribution is -2.52. The van der Waals surface area contributed by atoms with Crippen LogP contribution in [0.5, 0.6) is 0 Å². The number of carbonyl (C=O) groups is 4. The average molecular weight is 476 g/mol. The van der Waals surface area contributed by atoms with Gasteiger partial charge in [-0.05, 0) is 27.7 Å². The van der Waals surface area contributed by atoms with Crippen molar-refractivity contribution in [2.45, 2.75) is 39.8 Å². The third-order valence-electron chi connectivity index (χ3n) is 5.67. The van der Waals surface area contributed by atoms with E-state index in [0.29, 0.717) is 44.2 Å². The zero-order valence-corrected chi connectivity index (χ0v) is 19.6. The van der Waals surface area contributed by atoms with Gasteiger partial charge in [0.15, 0.2) is 0 Å². The maximum absolute atomic E-state index is 13.0. The van der Waals surface area contributed by atoms with Crippen LogP contribution in [0.15, 0.2) is 18.6 Å². The number of aryl methyl sites for hydroxylation is 1. The molecule has 3 heterocycles. The maximum atomic E-state index is 13.0. The van der Waals surface area contributed by atoms with Gasteiger partial charge in [0.25, 0.3) is 0 Å². The number of rotatable bonds is 7. The Hall–Kier alpha value is -3.90. The first-order valence-corrected chi connectivity index (χ1v) is 11.0. The van der Waals surface area contributed by atoms with E-state index in [1.54, 1.807) is 43.7 Å². The number of nitrogens with zero attached hydrogens (tertiary/aromatic N) is 6. The molecule has 0 bridgehead atoms. The molecule has 0 spiro atoms. The van der Waals surface area contributed by atoms with E-state index in [1.165, 1.54) is 21.8 Å². The lowest BCUT2D eigenvalue weighted by molar-refractivity contribution is -0.136. The van der Waals surface area contributed by atoms with Gasteiger partial charge in [0.05, 0.1) is 29.7 Å². The SMILES string of the molecule is CCOC(=O)N1CCN(C(=O)C(C)n2cc(NC(=O)C(C)n3cc(C(=O)O)cn3)c(C)n2)CC1. The van der Waals surface area contributed by atoms with Gasteiger partial charge in [-0.25, -0.2) is 9.59 Å². The molecule has 0 saturated carbocycles. The van der Waals surface area contributed by atoms with Crippen molar-refractivity contribution in [2.24, 2.45) is 0 Å². The summed E-state index contributed by atoms with van der Waals surface area (Å²) in [7, 11) is 0. The van der Waals surface area contributed by atoms with E-state index in [9.17, 15) is 19.2 Å². The van der Waals surface area contributed by atoms with Gasteiger partial charge in [0.2, 0.25) is 11.8 Å². The largest absolute Gasteiger partial charge is 0.478 e. The Morgan fingerprint density at radius 3 is 2.29 bits per heavy atom. The molecular formula is C21H29N7O6. The molecule has 34 heavy (non-hydrogen) atoms. The minimum Gasteiger partial charge on any atom is -0.478 e. The summed E-state index contributed by atoms with van der Waals surface area (Å²) in [4.78, 5) is 51.8. The van der Waals surface area contributed by atoms with Gasteiger partial charge >= 0.3 is 12.1 Å². The molecule has 13 nitrogen and oxygen atoms in total. The van der Waals surface area contributed by atoms with Crippen molar-refractivity contribution in [1.82, 2.24) is 29.4 Å². The maximum Gasteiger partial charge on any atom is 0.409 e. The molecule has 2 aromatic heterocycles. The number of carboxylic acids is 1. The summed E-state index contributed by atoms with van der Waals surface area (Å²) < 4.78 is 7.76. The zero-order chi connectivity index (χ0) is 25.0. The number of amides is 3. The lowest BCUT2D eigenvalue weighted by atomic mass is 10.2. The fourth-order valence-corrected chi connectivity index (χ4v) is 3.52. The van der Waals surface area contributed by atoms with E-state index < -0.39 is 24.0 Å². The third-order valence-corrected chi connectivity index (χ3v) is 5.67. The summed E-state index contributed by atoms with van der Waals surface area (Å²) in [6.45, 7) is 8.65. The number of piperazine rings is 1. The summed E-state index contributed by atoms with van der Waals surface area (Å²) in [6, 6.07) is -1.37. The van der Waals surface area contributed by atoms with Crippen molar-refractivity contribution in [2.75, 3.05) is 38.1 Å². The quantitative estimate of drug-likeness (QED) is 0.605. The topological polar surface area (TPSA) is 152 Å². The van der Waals surface area contributed by atoms with Crippen molar-refractivity contribution < 1.29 is 29.0 Å². The Morgan fingerprint density at radius 2 is 1.71 bits per heavy atom. The highest BCUT2D eigenvalue weighted by Crippen LogP contribution is 2.20. The molecule has 0 aliphatic carbocycles. The molecule has 184 valence electrons. The molecule has 2 aromatic rings. The standard InChI is InChI=1S/C21H29N7O6/c1-5-34-21(33)26-8-6-25(7-9-26)19(30)15(4)28-12-17(13(2)24-28)23-18(29)14(3)27-11-16(10-22-27)20(31)32/h10-12,14-15H,5-9H2,1-4H3,(H,23,29)(H,31,32). The van der Waals surface area contributed by atoms with Gasteiger partial charge in [-0.1, -0.05) is 0 Å². The second-order valence-corrected chi connectivity index (χ2v) is 7.97. The highest BCUT2D eigenvalue weighted by Gasteiger charge is 2.29. The van der Waals surface area contributed by atoms with Gasteiger partial charge in [-0.3, -0.25) is 19.0 Å². The van der Waals surface area contributed by atoms with E-state index in [4.69, 9.17) is 9.84 Å². The predicted octanol–water partition coefficient (Wildman–Crippen LogP) is 1.15. The highest BCUT2D eigenvalue weighted by atomic mass is 16.6. The van der Waals surface area contributed by atoms with Crippen molar-refractivity contribution in [3.63, 3.8) is 0 Å². The van der Waals surface area contributed by atoms with Crippen molar-refractivity contribution >= 4 is 29.6 Å². The summed E-state index contributed by atoms with van der Waals surface area (Å²) in [5.74, 6) is -1.68. The minimum atomic E-state index is -1.13. The van der Waals surface area contributed by atoms with Crippen LogP contribution in [0, 0.1) is 6.92 Å².